The predicted octanol–water partition coefficient (Wildman–Crippen LogP) is 2.22. The van der Waals surface area contributed by atoms with E-state index in [0.29, 0.717) is 12.6 Å². The van der Waals surface area contributed by atoms with Crippen LogP contribution in [0.25, 0.3) is 16.6 Å². The van der Waals surface area contributed by atoms with Gasteiger partial charge < -0.3 is 25.0 Å². The zero-order chi connectivity index (χ0) is 22.4. The maximum absolute atomic E-state index is 15.0. The number of carboxylic acid groups (broad SMARTS) is 1. The SMILES string of the molecule is CC1NCCN(c2cc3c(cc2F)c(=O)c(C(=O)O)cn3-c2ccc(F)cc2F)C1O. The van der Waals surface area contributed by atoms with Gasteiger partial charge in [0.25, 0.3) is 0 Å². The third kappa shape index (κ3) is 3.53. The van der Waals surface area contributed by atoms with Gasteiger partial charge in [-0.15, -0.1) is 0 Å². The molecule has 162 valence electrons. The molecule has 0 radical (unpaired) electrons. The molecule has 1 aliphatic heterocycles. The standard InChI is InChI=1S/C21H18F3N3O4/c1-10-20(29)26(5-4-25-10)18-8-17-12(7-15(18)24)19(28)13(21(30)31)9-27(17)16-3-2-11(22)6-14(16)23/h2-3,6-10,20,25,29H,4-5H2,1H3,(H,30,31). The van der Waals surface area contributed by atoms with Gasteiger partial charge in [0, 0.05) is 36.8 Å². The number of rotatable bonds is 3. The molecule has 1 aromatic heterocycles. The average molecular weight is 433 g/mol. The molecule has 3 aromatic rings. The van der Waals surface area contributed by atoms with Gasteiger partial charge in [-0.3, -0.25) is 4.79 Å². The lowest BCUT2D eigenvalue weighted by Gasteiger charge is -2.39. The molecule has 4 rings (SSSR count). The van der Waals surface area contributed by atoms with Crippen molar-refractivity contribution in [2.45, 2.75) is 19.2 Å². The Labute approximate surface area is 174 Å². The Bertz CT molecular complexity index is 1260. The number of hydrogen-bond acceptors (Lipinski definition) is 5. The van der Waals surface area contributed by atoms with Gasteiger partial charge in [-0.05, 0) is 31.2 Å². The molecule has 0 aliphatic carbocycles. The summed E-state index contributed by atoms with van der Waals surface area (Å²) in [6, 6.07) is 4.44. The molecule has 3 N–H and O–H groups in total. The van der Waals surface area contributed by atoms with E-state index in [-0.39, 0.29) is 34.9 Å². The van der Waals surface area contributed by atoms with E-state index in [1.54, 1.807) is 6.92 Å². The van der Waals surface area contributed by atoms with Gasteiger partial charge in [-0.2, -0.15) is 0 Å². The van der Waals surface area contributed by atoms with Crippen molar-refractivity contribution in [1.82, 2.24) is 9.88 Å². The van der Waals surface area contributed by atoms with Crippen molar-refractivity contribution >= 4 is 22.6 Å². The van der Waals surface area contributed by atoms with E-state index < -0.39 is 40.6 Å². The Morgan fingerprint density at radius 2 is 1.84 bits per heavy atom. The Kier molecular flexibility index (Phi) is 5.19. The van der Waals surface area contributed by atoms with Crippen molar-refractivity contribution in [1.29, 1.82) is 0 Å². The van der Waals surface area contributed by atoms with E-state index in [0.717, 1.165) is 29.0 Å². The second kappa shape index (κ2) is 7.71. The summed E-state index contributed by atoms with van der Waals surface area (Å²) in [5.74, 6) is -4.25. The Hall–Kier alpha value is -3.37. The maximum atomic E-state index is 15.0. The predicted molar refractivity (Wildman–Crippen MR) is 107 cm³/mol. The first-order valence-electron chi connectivity index (χ1n) is 9.44. The van der Waals surface area contributed by atoms with Crippen LogP contribution in [0.1, 0.15) is 17.3 Å². The van der Waals surface area contributed by atoms with Crippen LogP contribution in [0.2, 0.25) is 0 Å². The fourth-order valence-corrected chi connectivity index (χ4v) is 3.77. The van der Waals surface area contributed by atoms with Gasteiger partial charge in [-0.1, -0.05) is 0 Å². The summed E-state index contributed by atoms with van der Waals surface area (Å²) in [5, 5.41) is 22.6. The van der Waals surface area contributed by atoms with Gasteiger partial charge in [0.2, 0.25) is 5.43 Å². The van der Waals surface area contributed by atoms with Crippen LogP contribution < -0.4 is 15.6 Å². The number of halogens is 3. The van der Waals surface area contributed by atoms with Crippen molar-refractivity contribution in [3.63, 3.8) is 0 Å². The number of carbonyl (C=O) groups is 1. The van der Waals surface area contributed by atoms with Crippen LogP contribution in [0.4, 0.5) is 18.9 Å². The highest BCUT2D eigenvalue weighted by Crippen LogP contribution is 2.30. The molecule has 0 spiro atoms. The van der Waals surface area contributed by atoms with E-state index in [1.807, 2.05) is 0 Å². The Morgan fingerprint density at radius 1 is 1.13 bits per heavy atom. The Morgan fingerprint density at radius 3 is 2.52 bits per heavy atom. The molecule has 1 aliphatic rings. The minimum atomic E-state index is -1.57. The summed E-state index contributed by atoms with van der Waals surface area (Å²) in [5.41, 5.74) is -1.89. The quantitative estimate of drug-likeness (QED) is 0.587. The molecular weight excluding hydrogens is 415 g/mol. The lowest BCUT2D eigenvalue weighted by molar-refractivity contribution is 0.0695. The van der Waals surface area contributed by atoms with E-state index in [2.05, 4.69) is 5.32 Å². The summed E-state index contributed by atoms with van der Waals surface area (Å²) in [4.78, 5) is 25.6. The highest BCUT2D eigenvalue weighted by Gasteiger charge is 2.29. The van der Waals surface area contributed by atoms with Gasteiger partial charge in [0.05, 0.1) is 16.9 Å². The molecule has 10 heteroatoms. The second-order valence-corrected chi connectivity index (χ2v) is 7.31. The summed E-state index contributed by atoms with van der Waals surface area (Å²) < 4.78 is 44.0. The number of fused-ring (bicyclic) bond motifs is 1. The van der Waals surface area contributed by atoms with E-state index in [4.69, 9.17) is 0 Å². The molecule has 0 saturated carbocycles. The second-order valence-electron chi connectivity index (χ2n) is 7.31. The number of aromatic nitrogens is 1. The first kappa shape index (κ1) is 20.9. The van der Waals surface area contributed by atoms with Crippen molar-refractivity contribution in [2.24, 2.45) is 0 Å². The molecule has 31 heavy (non-hydrogen) atoms. The number of hydrogen-bond donors (Lipinski definition) is 3. The zero-order valence-electron chi connectivity index (χ0n) is 16.3. The lowest BCUT2D eigenvalue weighted by atomic mass is 10.1. The largest absolute Gasteiger partial charge is 0.477 e. The Balaban J connectivity index is 2.04. The molecule has 2 aromatic carbocycles. The molecule has 1 saturated heterocycles. The first-order valence-corrected chi connectivity index (χ1v) is 9.44. The van der Waals surface area contributed by atoms with Crippen LogP contribution in [0, 0.1) is 17.5 Å². The molecule has 7 nitrogen and oxygen atoms in total. The maximum Gasteiger partial charge on any atom is 0.341 e. The van der Waals surface area contributed by atoms with Crippen LogP contribution in [0.3, 0.4) is 0 Å². The van der Waals surface area contributed by atoms with E-state index in [9.17, 15) is 33.0 Å². The van der Waals surface area contributed by atoms with Gasteiger partial charge >= 0.3 is 5.97 Å². The highest BCUT2D eigenvalue weighted by atomic mass is 19.1. The van der Waals surface area contributed by atoms with Crippen molar-refractivity contribution in [3.05, 3.63) is 69.8 Å². The van der Waals surface area contributed by atoms with E-state index >= 15 is 0 Å². The van der Waals surface area contributed by atoms with Gasteiger partial charge in [0.1, 0.15) is 29.2 Å². The van der Waals surface area contributed by atoms with Crippen LogP contribution in [-0.4, -0.2) is 46.1 Å². The topological polar surface area (TPSA) is 94.8 Å². The highest BCUT2D eigenvalue weighted by molar-refractivity contribution is 5.94. The monoisotopic (exact) mass is 433 g/mol. The van der Waals surface area contributed by atoms with Gasteiger partial charge in [-0.25, -0.2) is 18.0 Å². The molecule has 2 heterocycles. The van der Waals surface area contributed by atoms with Crippen LogP contribution in [0.15, 0.2) is 41.3 Å². The normalized spacial score (nSPS) is 19.1. The third-order valence-corrected chi connectivity index (χ3v) is 5.37. The number of aromatic carboxylic acids is 1. The molecular formula is C21H18F3N3O4. The van der Waals surface area contributed by atoms with Gasteiger partial charge in [0.15, 0.2) is 0 Å². The zero-order valence-corrected chi connectivity index (χ0v) is 16.3. The number of benzene rings is 2. The molecule has 0 bridgehead atoms. The summed E-state index contributed by atoms with van der Waals surface area (Å²) >= 11 is 0. The summed E-state index contributed by atoms with van der Waals surface area (Å²) in [6.07, 6.45) is -0.149. The number of pyridine rings is 1. The summed E-state index contributed by atoms with van der Waals surface area (Å²) in [6.45, 7) is 2.45. The molecule has 0 amide bonds. The lowest BCUT2D eigenvalue weighted by Crippen LogP contribution is -2.57. The third-order valence-electron chi connectivity index (χ3n) is 5.37. The van der Waals surface area contributed by atoms with Crippen molar-refractivity contribution in [2.75, 3.05) is 18.0 Å². The molecule has 2 unspecified atom stereocenters. The van der Waals surface area contributed by atoms with Crippen molar-refractivity contribution < 1.29 is 28.2 Å². The fraction of sp³-hybridized carbons (Fsp3) is 0.238. The minimum Gasteiger partial charge on any atom is -0.477 e. The van der Waals surface area contributed by atoms with E-state index in [1.165, 1.54) is 11.0 Å². The van der Waals surface area contributed by atoms with Crippen molar-refractivity contribution in [3.8, 4) is 5.69 Å². The number of piperazine rings is 1. The van der Waals surface area contributed by atoms with Crippen LogP contribution in [0.5, 0.6) is 0 Å². The number of nitrogens with one attached hydrogen (secondary N) is 1. The first-order chi connectivity index (χ1) is 14.7. The molecule has 2 atom stereocenters. The number of nitrogens with zero attached hydrogens (tertiary/aromatic N) is 2. The minimum absolute atomic E-state index is 0.00953. The summed E-state index contributed by atoms with van der Waals surface area (Å²) in [7, 11) is 0. The molecule has 1 fully saturated rings. The smallest absolute Gasteiger partial charge is 0.341 e. The average Bonchev–Trinajstić information content (AvgIpc) is 2.71. The fourth-order valence-electron chi connectivity index (χ4n) is 3.77. The number of anilines is 1. The van der Waals surface area contributed by atoms with Crippen LogP contribution in [-0.2, 0) is 0 Å². The number of aliphatic hydroxyl groups is 1. The number of carboxylic acids is 1. The van der Waals surface area contributed by atoms with Crippen LogP contribution >= 0.6 is 0 Å². The number of aliphatic hydroxyl groups excluding tert-OH is 1.